The van der Waals surface area contributed by atoms with E-state index in [0.717, 1.165) is 35.0 Å². The van der Waals surface area contributed by atoms with Gasteiger partial charge in [-0.15, -0.1) is 0 Å². The highest BCUT2D eigenvalue weighted by molar-refractivity contribution is 6.32. The summed E-state index contributed by atoms with van der Waals surface area (Å²) in [5.41, 5.74) is 3.05. The van der Waals surface area contributed by atoms with Gasteiger partial charge in [0.15, 0.2) is 6.10 Å². The molecule has 2 unspecified atom stereocenters. The van der Waals surface area contributed by atoms with E-state index >= 15 is 0 Å². The van der Waals surface area contributed by atoms with E-state index in [0.29, 0.717) is 12.3 Å². The maximum Gasteiger partial charge on any atom is 0.260 e. The van der Waals surface area contributed by atoms with Gasteiger partial charge in [0.25, 0.3) is 5.91 Å². The number of nitrogens with one attached hydrogen (secondary N) is 1. The molecule has 1 aliphatic rings. The zero-order valence-electron chi connectivity index (χ0n) is 18.2. The van der Waals surface area contributed by atoms with Gasteiger partial charge in [-0.1, -0.05) is 23.7 Å². The lowest BCUT2D eigenvalue weighted by atomic mass is 10.1. The fourth-order valence-corrected chi connectivity index (χ4v) is 4.02. The fraction of sp³-hybridized carbons (Fsp3) is 0.458. The Bertz CT molecular complexity index is 840. The average molecular weight is 431 g/mol. The maximum absolute atomic E-state index is 12.7. The van der Waals surface area contributed by atoms with Crippen LogP contribution in [0, 0.1) is 13.8 Å². The topological polar surface area (TPSA) is 50.8 Å². The summed E-state index contributed by atoms with van der Waals surface area (Å²) in [5.74, 6) is 1.36. The van der Waals surface area contributed by atoms with Crippen molar-refractivity contribution in [2.45, 2.75) is 45.8 Å². The van der Waals surface area contributed by atoms with Gasteiger partial charge in [0.2, 0.25) is 0 Å². The van der Waals surface area contributed by atoms with Crippen LogP contribution in [0.25, 0.3) is 0 Å². The molecule has 2 atom stereocenters. The van der Waals surface area contributed by atoms with Gasteiger partial charge in [-0.2, -0.15) is 0 Å². The standard InChI is InChI=1S/C24H31ClN2O3/c1-16-13-21(14-17(2)23(16)25)30-18(3)24(28)26-15-22(27-11-5-6-12-27)19-7-9-20(29-4)10-8-19/h7-10,13-14,18,22H,5-6,11-12,15H2,1-4H3,(H,26,28). The van der Waals surface area contributed by atoms with Gasteiger partial charge in [-0.3, -0.25) is 9.69 Å². The fourth-order valence-electron chi connectivity index (χ4n) is 3.91. The number of hydrogen-bond acceptors (Lipinski definition) is 4. The molecule has 2 aromatic rings. The first-order valence-electron chi connectivity index (χ1n) is 10.5. The van der Waals surface area contributed by atoms with E-state index < -0.39 is 6.10 Å². The van der Waals surface area contributed by atoms with Gasteiger partial charge in [0, 0.05) is 11.6 Å². The number of amides is 1. The van der Waals surface area contributed by atoms with Gasteiger partial charge in [0.1, 0.15) is 11.5 Å². The minimum absolute atomic E-state index is 0.127. The van der Waals surface area contributed by atoms with Gasteiger partial charge in [-0.05, 0) is 87.7 Å². The molecule has 1 saturated heterocycles. The zero-order valence-corrected chi connectivity index (χ0v) is 19.0. The van der Waals surface area contributed by atoms with Crippen LogP contribution in [-0.2, 0) is 4.79 Å². The second kappa shape index (κ2) is 10.2. The lowest BCUT2D eigenvalue weighted by Crippen LogP contribution is -2.42. The summed E-state index contributed by atoms with van der Waals surface area (Å²) < 4.78 is 11.2. The van der Waals surface area contributed by atoms with E-state index in [-0.39, 0.29) is 11.9 Å². The maximum atomic E-state index is 12.7. The Kier molecular flexibility index (Phi) is 7.62. The van der Waals surface area contributed by atoms with E-state index in [9.17, 15) is 4.79 Å². The van der Waals surface area contributed by atoms with Crippen LogP contribution in [0.15, 0.2) is 36.4 Å². The first-order chi connectivity index (χ1) is 14.4. The van der Waals surface area contributed by atoms with Crippen molar-refractivity contribution in [2.75, 3.05) is 26.7 Å². The lowest BCUT2D eigenvalue weighted by molar-refractivity contribution is -0.127. The Balaban J connectivity index is 1.64. The Hall–Kier alpha value is -2.24. The first-order valence-corrected chi connectivity index (χ1v) is 10.9. The van der Waals surface area contributed by atoms with Gasteiger partial charge < -0.3 is 14.8 Å². The molecule has 1 aliphatic heterocycles. The highest BCUT2D eigenvalue weighted by atomic mass is 35.5. The SMILES string of the molecule is COc1ccc(C(CNC(=O)C(C)Oc2cc(C)c(Cl)c(C)c2)N2CCCC2)cc1. The summed E-state index contributed by atoms with van der Waals surface area (Å²) >= 11 is 6.23. The van der Waals surface area contributed by atoms with Crippen molar-refractivity contribution in [3.05, 3.63) is 58.1 Å². The highest BCUT2D eigenvalue weighted by Crippen LogP contribution is 2.28. The van der Waals surface area contributed by atoms with Crippen LogP contribution in [0.1, 0.15) is 42.5 Å². The predicted molar refractivity (Wildman–Crippen MR) is 121 cm³/mol. The summed E-state index contributed by atoms with van der Waals surface area (Å²) in [4.78, 5) is 15.2. The predicted octanol–water partition coefficient (Wildman–Crippen LogP) is 4.69. The Labute approximate surface area is 184 Å². The summed E-state index contributed by atoms with van der Waals surface area (Å²) in [6.45, 7) is 8.26. The van der Waals surface area contributed by atoms with Crippen molar-refractivity contribution in [3.63, 3.8) is 0 Å². The van der Waals surface area contributed by atoms with Crippen LogP contribution in [-0.4, -0.2) is 43.7 Å². The molecule has 0 saturated carbocycles. The average Bonchev–Trinajstić information content (AvgIpc) is 3.27. The van der Waals surface area contributed by atoms with Crippen LogP contribution < -0.4 is 14.8 Å². The Morgan fingerprint density at radius 1 is 1.10 bits per heavy atom. The molecule has 1 amide bonds. The van der Waals surface area contributed by atoms with E-state index in [2.05, 4.69) is 22.3 Å². The third-order valence-corrected chi connectivity index (χ3v) is 6.24. The molecule has 0 aromatic heterocycles. The second-order valence-corrected chi connectivity index (χ2v) is 8.29. The molecule has 1 heterocycles. The molecule has 0 spiro atoms. The van der Waals surface area contributed by atoms with Crippen molar-refractivity contribution >= 4 is 17.5 Å². The van der Waals surface area contributed by atoms with Crippen LogP contribution >= 0.6 is 11.6 Å². The number of likely N-dealkylation sites (tertiary alicyclic amines) is 1. The van der Waals surface area contributed by atoms with Crippen LogP contribution in [0.4, 0.5) is 0 Å². The molecule has 5 nitrogen and oxygen atoms in total. The second-order valence-electron chi connectivity index (χ2n) is 7.91. The summed E-state index contributed by atoms with van der Waals surface area (Å²) in [6.07, 6.45) is 1.78. The van der Waals surface area contributed by atoms with Gasteiger partial charge in [-0.25, -0.2) is 0 Å². The minimum atomic E-state index is -0.597. The Morgan fingerprint density at radius 3 is 2.27 bits per heavy atom. The number of halogens is 1. The molecule has 1 fully saturated rings. The minimum Gasteiger partial charge on any atom is -0.497 e. The summed E-state index contributed by atoms with van der Waals surface area (Å²) in [7, 11) is 1.66. The molecule has 2 aromatic carbocycles. The number of aryl methyl sites for hydroxylation is 2. The monoisotopic (exact) mass is 430 g/mol. The third kappa shape index (κ3) is 5.46. The Morgan fingerprint density at radius 2 is 1.70 bits per heavy atom. The number of carbonyl (C=O) groups is 1. The normalized spacial score (nSPS) is 16.2. The van der Waals surface area contributed by atoms with Crippen molar-refractivity contribution in [1.29, 1.82) is 0 Å². The summed E-state index contributed by atoms with van der Waals surface area (Å²) in [5, 5.41) is 3.81. The number of methoxy groups -OCH3 is 1. The molecule has 0 aliphatic carbocycles. The molecular weight excluding hydrogens is 400 g/mol. The molecular formula is C24H31ClN2O3. The van der Waals surface area contributed by atoms with Crippen molar-refractivity contribution in [2.24, 2.45) is 0 Å². The molecule has 0 bridgehead atoms. The number of hydrogen-bond donors (Lipinski definition) is 1. The number of carbonyl (C=O) groups excluding carboxylic acids is 1. The van der Waals surface area contributed by atoms with E-state index in [1.807, 2.05) is 38.1 Å². The van der Waals surface area contributed by atoms with E-state index in [1.165, 1.54) is 18.4 Å². The van der Waals surface area contributed by atoms with E-state index in [4.69, 9.17) is 21.1 Å². The molecule has 3 rings (SSSR count). The van der Waals surface area contributed by atoms with Crippen molar-refractivity contribution in [3.8, 4) is 11.5 Å². The van der Waals surface area contributed by atoms with Gasteiger partial charge in [0.05, 0.1) is 13.2 Å². The molecule has 0 radical (unpaired) electrons. The van der Waals surface area contributed by atoms with Crippen LogP contribution in [0.2, 0.25) is 5.02 Å². The number of benzene rings is 2. The van der Waals surface area contributed by atoms with Gasteiger partial charge >= 0.3 is 0 Å². The van der Waals surface area contributed by atoms with Crippen molar-refractivity contribution in [1.82, 2.24) is 10.2 Å². The molecule has 162 valence electrons. The summed E-state index contributed by atoms with van der Waals surface area (Å²) in [6, 6.07) is 12.0. The van der Waals surface area contributed by atoms with Crippen molar-refractivity contribution < 1.29 is 14.3 Å². The number of ether oxygens (including phenoxy) is 2. The molecule has 30 heavy (non-hydrogen) atoms. The quantitative estimate of drug-likeness (QED) is 0.660. The first kappa shape index (κ1) is 22.4. The van der Waals surface area contributed by atoms with Crippen LogP contribution in [0.5, 0.6) is 11.5 Å². The number of nitrogens with zero attached hydrogens (tertiary/aromatic N) is 1. The van der Waals surface area contributed by atoms with E-state index in [1.54, 1.807) is 14.0 Å². The largest absolute Gasteiger partial charge is 0.497 e. The highest BCUT2D eigenvalue weighted by Gasteiger charge is 2.25. The smallest absolute Gasteiger partial charge is 0.260 e. The van der Waals surface area contributed by atoms with Crippen LogP contribution in [0.3, 0.4) is 0 Å². The number of rotatable bonds is 8. The molecule has 6 heteroatoms. The zero-order chi connectivity index (χ0) is 21.7. The third-order valence-electron chi connectivity index (χ3n) is 5.64. The molecule has 1 N–H and O–H groups in total. The lowest BCUT2D eigenvalue weighted by Gasteiger charge is -2.29.